The molecular weight excluding hydrogens is 234 g/mol. The van der Waals surface area contributed by atoms with E-state index in [0.717, 1.165) is 18.4 Å². The minimum Gasteiger partial charge on any atom is -0.207 e. The van der Waals surface area contributed by atoms with Crippen molar-refractivity contribution in [3.8, 4) is 0 Å². The van der Waals surface area contributed by atoms with Crippen molar-refractivity contribution in [2.75, 3.05) is 0 Å². The van der Waals surface area contributed by atoms with E-state index in [1.807, 2.05) is 6.92 Å². The van der Waals surface area contributed by atoms with Crippen LogP contribution < -0.4 is 0 Å². The van der Waals surface area contributed by atoms with Gasteiger partial charge in [-0.1, -0.05) is 24.6 Å². The van der Waals surface area contributed by atoms with Crippen molar-refractivity contribution in [3.05, 3.63) is 34.6 Å². The van der Waals surface area contributed by atoms with Gasteiger partial charge in [0.2, 0.25) is 0 Å². The fourth-order valence-corrected chi connectivity index (χ4v) is 2.25. The molecule has 0 aliphatic rings. The van der Waals surface area contributed by atoms with Gasteiger partial charge in [-0.05, 0) is 43.4 Å². The van der Waals surface area contributed by atoms with Crippen molar-refractivity contribution >= 4 is 23.2 Å². The molecule has 0 spiro atoms. The molecule has 0 saturated heterocycles. The number of hydrogen-bond acceptors (Lipinski definition) is 0. The van der Waals surface area contributed by atoms with E-state index < -0.39 is 0 Å². The molecule has 0 aliphatic carbocycles. The first kappa shape index (κ1) is 12.8. The summed E-state index contributed by atoms with van der Waals surface area (Å²) in [6.45, 7) is 4.10. The van der Waals surface area contributed by atoms with Gasteiger partial charge in [0, 0.05) is 10.4 Å². The molecule has 0 fully saturated rings. The molecule has 15 heavy (non-hydrogen) atoms. The van der Waals surface area contributed by atoms with Gasteiger partial charge in [0.15, 0.2) is 0 Å². The molecule has 0 aromatic heterocycles. The molecule has 0 aliphatic heterocycles. The standard InChI is InChI=1S/C12H15Cl2F/c1-8(5-9(2)13)6-10-3-4-11(15)7-12(10)14/h3-4,7-9H,5-6H2,1-2H3. The summed E-state index contributed by atoms with van der Waals surface area (Å²) in [5.41, 5.74) is 0.989. The van der Waals surface area contributed by atoms with Crippen molar-refractivity contribution in [3.63, 3.8) is 0 Å². The summed E-state index contributed by atoms with van der Waals surface area (Å²) in [6.07, 6.45) is 1.78. The Morgan fingerprint density at radius 3 is 2.53 bits per heavy atom. The van der Waals surface area contributed by atoms with Crippen LogP contribution in [0.25, 0.3) is 0 Å². The lowest BCUT2D eigenvalue weighted by Gasteiger charge is -2.13. The van der Waals surface area contributed by atoms with Crippen LogP contribution in [0.2, 0.25) is 5.02 Å². The van der Waals surface area contributed by atoms with E-state index in [1.54, 1.807) is 6.07 Å². The van der Waals surface area contributed by atoms with Crippen LogP contribution in [0.5, 0.6) is 0 Å². The van der Waals surface area contributed by atoms with E-state index in [2.05, 4.69) is 6.92 Å². The summed E-state index contributed by atoms with van der Waals surface area (Å²) in [4.78, 5) is 0. The van der Waals surface area contributed by atoms with Crippen LogP contribution in [0.15, 0.2) is 18.2 Å². The highest BCUT2D eigenvalue weighted by atomic mass is 35.5. The van der Waals surface area contributed by atoms with Gasteiger partial charge in [-0.15, -0.1) is 11.6 Å². The molecule has 0 heterocycles. The average Bonchev–Trinajstić information content (AvgIpc) is 2.08. The molecule has 0 amide bonds. The Morgan fingerprint density at radius 1 is 1.33 bits per heavy atom. The van der Waals surface area contributed by atoms with Gasteiger partial charge < -0.3 is 0 Å². The Hall–Kier alpha value is -0.270. The van der Waals surface area contributed by atoms with E-state index in [1.165, 1.54) is 12.1 Å². The van der Waals surface area contributed by atoms with Crippen molar-refractivity contribution < 1.29 is 4.39 Å². The third-order valence-electron chi connectivity index (χ3n) is 2.31. The molecule has 1 aromatic rings. The maximum absolute atomic E-state index is 12.8. The minimum atomic E-state index is -0.290. The third-order valence-corrected chi connectivity index (χ3v) is 2.84. The fourth-order valence-electron chi connectivity index (χ4n) is 1.70. The zero-order valence-corrected chi connectivity index (χ0v) is 10.4. The van der Waals surface area contributed by atoms with Gasteiger partial charge in [0.25, 0.3) is 0 Å². The monoisotopic (exact) mass is 248 g/mol. The van der Waals surface area contributed by atoms with Crippen LogP contribution in [0.4, 0.5) is 4.39 Å². The van der Waals surface area contributed by atoms with Crippen molar-refractivity contribution in [1.29, 1.82) is 0 Å². The smallest absolute Gasteiger partial charge is 0.124 e. The van der Waals surface area contributed by atoms with Crippen LogP contribution in [0.1, 0.15) is 25.8 Å². The number of rotatable bonds is 4. The highest BCUT2D eigenvalue weighted by Gasteiger charge is 2.10. The highest BCUT2D eigenvalue weighted by molar-refractivity contribution is 6.31. The molecule has 1 aromatic carbocycles. The van der Waals surface area contributed by atoms with E-state index in [0.29, 0.717) is 10.9 Å². The van der Waals surface area contributed by atoms with Crippen molar-refractivity contribution in [2.45, 2.75) is 32.1 Å². The normalized spacial score (nSPS) is 15.0. The second kappa shape index (κ2) is 5.72. The second-order valence-electron chi connectivity index (χ2n) is 4.06. The molecule has 0 bridgehead atoms. The Kier molecular flexibility index (Phi) is 4.88. The molecule has 3 heteroatoms. The lowest BCUT2D eigenvalue weighted by molar-refractivity contribution is 0.526. The van der Waals surface area contributed by atoms with Crippen LogP contribution in [0, 0.1) is 11.7 Å². The van der Waals surface area contributed by atoms with Gasteiger partial charge in [-0.25, -0.2) is 4.39 Å². The predicted molar refractivity (Wildman–Crippen MR) is 64.2 cm³/mol. The molecule has 2 unspecified atom stereocenters. The van der Waals surface area contributed by atoms with Gasteiger partial charge in [-0.3, -0.25) is 0 Å². The van der Waals surface area contributed by atoms with Gasteiger partial charge in [0.05, 0.1) is 0 Å². The quantitative estimate of drug-likeness (QED) is 0.680. The summed E-state index contributed by atoms with van der Waals surface area (Å²) in [5.74, 6) is 0.169. The molecule has 2 atom stereocenters. The molecule has 0 nitrogen and oxygen atoms in total. The zero-order chi connectivity index (χ0) is 11.4. The summed E-state index contributed by atoms with van der Waals surface area (Å²) in [5, 5.41) is 0.670. The molecular formula is C12H15Cl2F. The Balaban J connectivity index is 2.64. The van der Waals surface area contributed by atoms with Crippen LogP contribution >= 0.6 is 23.2 Å². The molecule has 0 N–H and O–H groups in total. The van der Waals surface area contributed by atoms with Crippen molar-refractivity contribution in [1.82, 2.24) is 0 Å². The van der Waals surface area contributed by atoms with E-state index in [9.17, 15) is 4.39 Å². The van der Waals surface area contributed by atoms with E-state index >= 15 is 0 Å². The largest absolute Gasteiger partial charge is 0.207 e. The highest BCUT2D eigenvalue weighted by Crippen LogP contribution is 2.23. The zero-order valence-electron chi connectivity index (χ0n) is 8.93. The van der Waals surface area contributed by atoms with Crippen LogP contribution in [0.3, 0.4) is 0 Å². The maximum Gasteiger partial charge on any atom is 0.124 e. The molecule has 0 saturated carbocycles. The summed E-state index contributed by atoms with van der Waals surface area (Å²) in [6, 6.07) is 4.54. The SMILES string of the molecule is CC(Cl)CC(C)Cc1ccc(F)cc1Cl. The fraction of sp³-hybridized carbons (Fsp3) is 0.500. The molecule has 1 rings (SSSR count). The van der Waals surface area contributed by atoms with Crippen LogP contribution in [-0.4, -0.2) is 5.38 Å². The summed E-state index contributed by atoms with van der Waals surface area (Å²) < 4.78 is 12.8. The number of benzene rings is 1. The maximum atomic E-state index is 12.8. The number of hydrogen-bond donors (Lipinski definition) is 0. The summed E-state index contributed by atoms with van der Waals surface area (Å²) >= 11 is 11.8. The topological polar surface area (TPSA) is 0 Å². The average molecular weight is 249 g/mol. The van der Waals surface area contributed by atoms with Gasteiger partial charge in [-0.2, -0.15) is 0 Å². The first-order valence-electron chi connectivity index (χ1n) is 5.07. The van der Waals surface area contributed by atoms with Gasteiger partial charge in [0.1, 0.15) is 5.82 Å². The summed E-state index contributed by atoms with van der Waals surface area (Å²) in [7, 11) is 0. The Morgan fingerprint density at radius 2 is 2.00 bits per heavy atom. The number of alkyl halides is 1. The first-order valence-corrected chi connectivity index (χ1v) is 5.88. The number of halogens is 3. The first-order chi connectivity index (χ1) is 6.99. The molecule has 84 valence electrons. The van der Waals surface area contributed by atoms with Crippen LogP contribution in [-0.2, 0) is 6.42 Å². The second-order valence-corrected chi connectivity index (χ2v) is 5.21. The Bertz CT molecular complexity index is 323. The predicted octanol–water partition coefficient (Wildman–Crippen LogP) is 4.68. The molecule has 0 radical (unpaired) electrons. The third kappa shape index (κ3) is 4.40. The minimum absolute atomic E-state index is 0.166. The lowest BCUT2D eigenvalue weighted by Crippen LogP contribution is -2.05. The van der Waals surface area contributed by atoms with Crippen molar-refractivity contribution in [2.24, 2.45) is 5.92 Å². The Labute approximate surface area is 100 Å². The lowest BCUT2D eigenvalue weighted by atomic mass is 9.97. The van der Waals surface area contributed by atoms with E-state index in [4.69, 9.17) is 23.2 Å². The van der Waals surface area contributed by atoms with Gasteiger partial charge >= 0.3 is 0 Å². The van der Waals surface area contributed by atoms with E-state index in [-0.39, 0.29) is 11.2 Å².